The summed E-state index contributed by atoms with van der Waals surface area (Å²) < 4.78 is 34.5. The van der Waals surface area contributed by atoms with Crippen LogP contribution in [0.3, 0.4) is 0 Å². The smallest absolute Gasteiger partial charge is 0.387 e. The number of amides is 1. The zero-order chi connectivity index (χ0) is 17.5. The Morgan fingerprint density at radius 1 is 1.12 bits per heavy atom. The fourth-order valence-electron chi connectivity index (χ4n) is 2.22. The van der Waals surface area contributed by atoms with E-state index in [-0.39, 0.29) is 30.1 Å². The molecule has 4 nitrogen and oxygen atoms in total. The highest BCUT2D eigenvalue weighted by molar-refractivity contribution is 5.95. The van der Waals surface area contributed by atoms with Crippen molar-refractivity contribution in [2.75, 3.05) is 6.61 Å². The Morgan fingerprint density at radius 2 is 1.83 bits per heavy atom. The average molecular weight is 335 g/mol. The van der Waals surface area contributed by atoms with E-state index in [2.05, 4.69) is 10.1 Å². The first-order valence-electron chi connectivity index (χ1n) is 7.58. The van der Waals surface area contributed by atoms with Gasteiger partial charge in [0, 0.05) is 5.56 Å². The van der Waals surface area contributed by atoms with Crippen molar-refractivity contribution in [2.45, 2.75) is 26.5 Å². The molecule has 0 saturated carbocycles. The molecule has 0 saturated heterocycles. The van der Waals surface area contributed by atoms with Crippen LogP contribution < -0.4 is 14.8 Å². The summed E-state index contributed by atoms with van der Waals surface area (Å²) in [5.74, 6) is -0.312. The van der Waals surface area contributed by atoms with Crippen molar-refractivity contribution in [1.29, 1.82) is 0 Å². The summed E-state index contributed by atoms with van der Waals surface area (Å²) >= 11 is 0. The third kappa shape index (κ3) is 4.68. The predicted octanol–water partition coefficient (Wildman–Crippen LogP) is 4.18. The number of halogens is 2. The molecule has 0 aliphatic rings. The molecule has 0 aliphatic carbocycles. The quantitative estimate of drug-likeness (QED) is 0.826. The van der Waals surface area contributed by atoms with Gasteiger partial charge in [0.2, 0.25) is 0 Å². The lowest BCUT2D eigenvalue weighted by atomic mass is 10.1. The van der Waals surface area contributed by atoms with E-state index in [4.69, 9.17) is 4.74 Å². The van der Waals surface area contributed by atoms with Crippen molar-refractivity contribution in [3.63, 3.8) is 0 Å². The van der Waals surface area contributed by atoms with Gasteiger partial charge >= 0.3 is 6.61 Å². The first kappa shape index (κ1) is 17.7. The van der Waals surface area contributed by atoms with Gasteiger partial charge in [0.25, 0.3) is 5.91 Å². The zero-order valence-electron chi connectivity index (χ0n) is 13.5. The van der Waals surface area contributed by atoms with Crippen molar-refractivity contribution >= 4 is 5.91 Å². The van der Waals surface area contributed by atoms with Gasteiger partial charge in [0.1, 0.15) is 0 Å². The summed E-state index contributed by atoms with van der Waals surface area (Å²) in [6.45, 7) is 0.897. The maximum Gasteiger partial charge on any atom is 0.387 e. The van der Waals surface area contributed by atoms with Crippen LogP contribution in [-0.2, 0) is 0 Å². The summed E-state index contributed by atoms with van der Waals surface area (Å²) in [5.41, 5.74) is 1.27. The summed E-state index contributed by atoms with van der Waals surface area (Å²) in [7, 11) is 0. The summed E-state index contributed by atoms with van der Waals surface area (Å²) in [5, 5.41) is 2.86. The molecular weight excluding hydrogens is 316 g/mol. The molecule has 2 aromatic rings. The average Bonchev–Trinajstić information content (AvgIpc) is 2.57. The standard InChI is InChI=1S/C18H19F2NO3/c1-3-23-16-11-14(9-10-15(16)24-18(19)20)17(22)21-12(2)13-7-5-4-6-8-13/h4-12,18H,3H2,1-2H3,(H,21,22). The van der Waals surface area contributed by atoms with Gasteiger partial charge in [0.05, 0.1) is 12.6 Å². The van der Waals surface area contributed by atoms with Crippen molar-refractivity contribution in [1.82, 2.24) is 5.32 Å². The van der Waals surface area contributed by atoms with Crippen LogP contribution in [0.2, 0.25) is 0 Å². The number of carbonyl (C=O) groups excluding carboxylic acids is 1. The van der Waals surface area contributed by atoms with E-state index in [0.717, 1.165) is 5.56 Å². The first-order valence-corrected chi connectivity index (χ1v) is 7.58. The summed E-state index contributed by atoms with van der Waals surface area (Å²) in [6, 6.07) is 13.4. The second-order valence-electron chi connectivity index (χ2n) is 5.08. The second kappa shape index (κ2) is 8.29. The Morgan fingerprint density at radius 3 is 2.46 bits per heavy atom. The van der Waals surface area contributed by atoms with Gasteiger partial charge < -0.3 is 14.8 Å². The maximum absolute atomic E-state index is 12.4. The number of nitrogens with one attached hydrogen (secondary N) is 1. The van der Waals surface area contributed by atoms with Crippen LogP contribution in [-0.4, -0.2) is 19.1 Å². The minimum absolute atomic E-state index is 0.0977. The van der Waals surface area contributed by atoms with E-state index in [9.17, 15) is 13.6 Å². The third-order valence-corrected chi connectivity index (χ3v) is 3.37. The number of hydrogen-bond donors (Lipinski definition) is 1. The van der Waals surface area contributed by atoms with Crippen LogP contribution >= 0.6 is 0 Å². The largest absolute Gasteiger partial charge is 0.490 e. The molecule has 128 valence electrons. The van der Waals surface area contributed by atoms with Gasteiger partial charge in [-0.1, -0.05) is 30.3 Å². The van der Waals surface area contributed by atoms with Crippen molar-refractivity contribution in [3.8, 4) is 11.5 Å². The summed E-state index contributed by atoms with van der Waals surface area (Å²) in [6.07, 6.45) is 0. The third-order valence-electron chi connectivity index (χ3n) is 3.37. The van der Waals surface area contributed by atoms with E-state index in [1.54, 1.807) is 6.92 Å². The SMILES string of the molecule is CCOc1cc(C(=O)NC(C)c2ccccc2)ccc1OC(F)F. The van der Waals surface area contributed by atoms with E-state index in [1.165, 1.54) is 18.2 Å². The van der Waals surface area contributed by atoms with Crippen LogP contribution in [0.4, 0.5) is 8.78 Å². The fraction of sp³-hybridized carbons (Fsp3) is 0.278. The molecule has 1 amide bonds. The van der Waals surface area contributed by atoms with Crippen molar-refractivity contribution in [3.05, 3.63) is 59.7 Å². The van der Waals surface area contributed by atoms with Gasteiger partial charge in [-0.3, -0.25) is 4.79 Å². The minimum Gasteiger partial charge on any atom is -0.490 e. The monoisotopic (exact) mass is 335 g/mol. The van der Waals surface area contributed by atoms with Crippen LogP contribution in [0.25, 0.3) is 0 Å². The number of benzene rings is 2. The fourth-order valence-corrected chi connectivity index (χ4v) is 2.22. The molecule has 1 atom stereocenters. The first-order chi connectivity index (χ1) is 11.5. The van der Waals surface area contributed by atoms with Crippen molar-refractivity contribution < 1.29 is 23.0 Å². The number of rotatable bonds is 7. The lowest BCUT2D eigenvalue weighted by molar-refractivity contribution is -0.0514. The van der Waals surface area contributed by atoms with E-state index < -0.39 is 6.61 Å². The number of hydrogen-bond acceptors (Lipinski definition) is 3. The van der Waals surface area contributed by atoms with Crippen LogP contribution in [0.15, 0.2) is 48.5 Å². The zero-order valence-corrected chi connectivity index (χ0v) is 13.5. The van der Waals surface area contributed by atoms with Crippen LogP contribution in [0.5, 0.6) is 11.5 Å². The lowest BCUT2D eigenvalue weighted by Gasteiger charge is -2.16. The van der Waals surface area contributed by atoms with Gasteiger partial charge in [-0.05, 0) is 37.6 Å². The summed E-state index contributed by atoms with van der Waals surface area (Å²) in [4.78, 5) is 12.4. The molecule has 1 N–H and O–H groups in total. The molecule has 0 aromatic heterocycles. The Hall–Kier alpha value is -2.63. The van der Waals surface area contributed by atoms with Crippen LogP contribution in [0, 0.1) is 0 Å². The molecule has 24 heavy (non-hydrogen) atoms. The molecule has 0 spiro atoms. The lowest BCUT2D eigenvalue weighted by Crippen LogP contribution is -2.26. The molecule has 0 bridgehead atoms. The molecule has 1 unspecified atom stereocenters. The topological polar surface area (TPSA) is 47.6 Å². The van der Waals surface area contributed by atoms with Gasteiger partial charge in [-0.15, -0.1) is 0 Å². The van der Waals surface area contributed by atoms with E-state index in [0.29, 0.717) is 5.56 Å². The Bertz CT molecular complexity index is 677. The molecule has 2 aromatic carbocycles. The minimum atomic E-state index is -2.96. The molecule has 0 radical (unpaired) electrons. The highest BCUT2D eigenvalue weighted by atomic mass is 19.3. The molecular formula is C18H19F2NO3. The second-order valence-corrected chi connectivity index (χ2v) is 5.08. The van der Waals surface area contributed by atoms with Gasteiger partial charge in [0.15, 0.2) is 11.5 Å². The number of carbonyl (C=O) groups is 1. The Balaban J connectivity index is 2.15. The van der Waals surface area contributed by atoms with Crippen LogP contribution in [0.1, 0.15) is 35.8 Å². The molecule has 2 rings (SSSR count). The van der Waals surface area contributed by atoms with Gasteiger partial charge in [-0.25, -0.2) is 0 Å². The van der Waals surface area contributed by atoms with E-state index in [1.807, 2.05) is 37.3 Å². The normalized spacial score (nSPS) is 11.9. The van der Waals surface area contributed by atoms with Gasteiger partial charge in [-0.2, -0.15) is 8.78 Å². The van der Waals surface area contributed by atoms with E-state index >= 15 is 0 Å². The molecule has 0 fully saturated rings. The molecule has 0 aliphatic heterocycles. The van der Waals surface area contributed by atoms with Crippen molar-refractivity contribution in [2.24, 2.45) is 0 Å². The molecule has 6 heteroatoms. The highest BCUT2D eigenvalue weighted by Crippen LogP contribution is 2.30. The Labute approximate surface area is 139 Å². The maximum atomic E-state index is 12.4. The number of alkyl halides is 2. The highest BCUT2D eigenvalue weighted by Gasteiger charge is 2.16. The number of ether oxygens (including phenoxy) is 2. The molecule has 0 heterocycles. The predicted molar refractivity (Wildman–Crippen MR) is 86.6 cm³/mol. The Kier molecular flexibility index (Phi) is 6.12.